The van der Waals surface area contributed by atoms with Gasteiger partial charge < -0.3 is 20.1 Å². The lowest BCUT2D eigenvalue weighted by Gasteiger charge is -2.21. The molecule has 0 aliphatic carbocycles. The van der Waals surface area contributed by atoms with Crippen LogP contribution in [0.15, 0.2) is 12.1 Å². The normalized spacial score (nSPS) is 14.6. The third-order valence-corrected chi connectivity index (χ3v) is 3.09. The maximum Gasteiger partial charge on any atom is 0.338 e. The number of carbonyl (C=O) groups is 2. The van der Waals surface area contributed by atoms with E-state index < -0.39 is 5.97 Å². The van der Waals surface area contributed by atoms with E-state index in [1.165, 1.54) is 20.3 Å². The molecule has 0 unspecified atom stereocenters. The Morgan fingerprint density at radius 3 is 2.63 bits per heavy atom. The Kier molecular flexibility index (Phi) is 3.59. The number of amides is 1. The van der Waals surface area contributed by atoms with Crippen LogP contribution in [-0.4, -0.2) is 32.6 Å². The molecule has 1 saturated heterocycles. The van der Waals surface area contributed by atoms with Crippen LogP contribution in [0, 0.1) is 0 Å². The zero-order valence-electron chi connectivity index (χ0n) is 10.9. The second-order valence-electron chi connectivity index (χ2n) is 4.26. The van der Waals surface area contributed by atoms with Crippen molar-refractivity contribution in [3.63, 3.8) is 0 Å². The molecule has 1 aromatic carbocycles. The van der Waals surface area contributed by atoms with Crippen LogP contribution in [0.25, 0.3) is 0 Å². The number of hydrogen-bond acceptors (Lipinski definition) is 5. The first-order chi connectivity index (χ1) is 9.08. The van der Waals surface area contributed by atoms with Gasteiger partial charge in [-0.05, 0) is 18.6 Å². The molecule has 102 valence electrons. The lowest BCUT2D eigenvalue weighted by Crippen LogP contribution is -2.25. The molecule has 19 heavy (non-hydrogen) atoms. The molecule has 1 aromatic rings. The third-order valence-electron chi connectivity index (χ3n) is 3.09. The molecule has 2 N–H and O–H groups in total. The van der Waals surface area contributed by atoms with Crippen molar-refractivity contribution in [3.8, 4) is 5.75 Å². The minimum absolute atomic E-state index is 0.000263. The molecule has 1 amide bonds. The summed E-state index contributed by atoms with van der Waals surface area (Å²) in [5, 5.41) is 0. The maximum absolute atomic E-state index is 11.8. The minimum atomic E-state index is -0.498. The first-order valence-electron chi connectivity index (χ1n) is 5.94. The number of nitrogens with two attached hydrogens (primary N) is 1. The molecule has 0 bridgehead atoms. The van der Waals surface area contributed by atoms with Gasteiger partial charge in [0.1, 0.15) is 0 Å². The standard InChI is InChI=1S/C13H16N2O4/c1-18-12-9(14)6-8(13(17)19-2)7-10(12)15-5-3-4-11(15)16/h6-7H,3-5,14H2,1-2H3. The van der Waals surface area contributed by atoms with Crippen molar-refractivity contribution in [2.24, 2.45) is 0 Å². The number of hydrogen-bond donors (Lipinski definition) is 1. The van der Waals surface area contributed by atoms with E-state index in [0.29, 0.717) is 35.7 Å². The topological polar surface area (TPSA) is 81.9 Å². The molecule has 1 aliphatic heterocycles. The summed E-state index contributed by atoms with van der Waals surface area (Å²) in [6, 6.07) is 3.05. The quantitative estimate of drug-likeness (QED) is 0.655. The molecule has 1 fully saturated rings. The van der Waals surface area contributed by atoms with Gasteiger partial charge in [0.2, 0.25) is 5.91 Å². The highest BCUT2D eigenvalue weighted by atomic mass is 16.5. The van der Waals surface area contributed by atoms with E-state index in [-0.39, 0.29) is 5.91 Å². The number of nitrogen functional groups attached to an aromatic ring is 1. The summed E-state index contributed by atoms with van der Waals surface area (Å²) in [5.74, 6) is -0.0927. The molecule has 1 heterocycles. The molecule has 0 atom stereocenters. The summed E-state index contributed by atoms with van der Waals surface area (Å²) < 4.78 is 9.90. The number of methoxy groups -OCH3 is 2. The van der Waals surface area contributed by atoms with E-state index in [9.17, 15) is 9.59 Å². The zero-order chi connectivity index (χ0) is 14.0. The number of esters is 1. The zero-order valence-corrected chi connectivity index (χ0v) is 10.9. The lowest BCUT2D eigenvalue weighted by molar-refractivity contribution is -0.117. The van der Waals surface area contributed by atoms with Gasteiger partial charge in [0.05, 0.1) is 31.2 Å². The van der Waals surface area contributed by atoms with E-state index in [0.717, 1.165) is 6.42 Å². The predicted octanol–water partition coefficient (Wildman–Crippen LogP) is 1.19. The number of anilines is 2. The van der Waals surface area contributed by atoms with Crippen LogP contribution in [-0.2, 0) is 9.53 Å². The Bertz CT molecular complexity index is 528. The van der Waals surface area contributed by atoms with Gasteiger partial charge >= 0.3 is 5.97 Å². The van der Waals surface area contributed by atoms with E-state index in [4.69, 9.17) is 10.5 Å². The van der Waals surface area contributed by atoms with Gasteiger partial charge in [-0.25, -0.2) is 4.79 Å². The summed E-state index contributed by atoms with van der Waals surface area (Å²) in [4.78, 5) is 25.0. The van der Waals surface area contributed by atoms with Crippen LogP contribution < -0.4 is 15.4 Å². The summed E-state index contributed by atoms with van der Waals surface area (Å²) >= 11 is 0. The number of ether oxygens (including phenoxy) is 2. The summed E-state index contributed by atoms with van der Waals surface area (Å²) in [5.41, 5.74) is 6.99. The largest absolute Gasteiger partial charge is 0.492 e. The van der Waals surface area contributed by atoms with Crippen LogP contribution in [0.4, 0.5) is 11.4 Å². The first kappa shape index (κ1) is 13.2. The molecule has 0 radical (unpaired) electrons. The third kappa shape index (κ3) is 2.33. The van der Waals surface area contributed by atoms with Crippen molar-refractivity contribution in [2.75, 3.05) is 31.4 Å². The highest BCUT2D eigenvalue weighted by Crippen LogP contribution is 2.37. The molecule has 6 heteroatoms. The summed E-state index contributed by atoms with van der Waals surface area (Å²) in [7, 11) is 2.77. The molecular weight excluding hydrogens is 248 g/mol. The van der Waals surface area contributed by atoms with Crippen molar-refractivity contribution in [3.05, 3.63) is 17.7 Å². The fourth-order valence-corrected chi connectivity index (χ4v) is 2.20. The van der Waals surface area contributed by atoms with Gasteiger partial charge in [-0.3, -0.25) is 4.79 Å². The SMILES string of the molecule is COC(=O)c1cc(N)c(OC)c(N2CCCC2=O)c1. The Balaban J connectivity index is 2.52. The molecule has 0 spiro atoms. The van der Waals surface area contributed by atoms with E-state index in [1.807, 2.05) is 0 Å². The van der Waals surface area contributed by atoms with Crippen molar-refractivity contribution >= 4 is 23.3 Å². The maximum atomic E-state index is 11.8. The lowest BCUT2D eigenvalue weighted by atomic mass is 10.1. The number of rotatable bonds is 3. The molecule has 1 aliphatic rings. The molecule has 2 rings (SSSR count). The van der Waals surface area contributed by atoms with Crippen molar-refractivity contribution in [2.45, 2.75) is 12.8 Å². The van der Waals surface area contributed by atoms with Gasteiger partial charge in [0.15, 0.2) is 5.75 Å². The molecular formula is C13H16N2O4. The van der Waals surface area contributed by atoms with Gasteiger partial charge in [-0.15, -0.1) is 0 Å². The van der Waals surface area contributed by atoms with Gasteiger partial charge in [-0.2, -0.15) is 0 Å². The molecule has 0 aromatic heterocycles. The average molecular weight is 264 g/mol. The highest BCUT2D eigenvalue weighted by Gasteiger charge is 2.26. The minimum Gasteiger partial charge on any atom is -0.492 e. The number of benzene rings is 1. The summed E-state index contributed by atoms with van der Waals surface area (Å²) in [6.07, 6.45) is 1.27. The Morgan fingerprint density at radius 2 is 2.11 bits per heavy atom. The number of nitrogens with zero attached hydrogens (tertiary/aromatic N) is 1. The highest BCUT2D eigenvalue weighted by molar-refractivity contribution is 6.00. The number of carbonyl (C=O) groups excluding carboxylic acids is 2. The second kappa shape index (κ2) is 5.17. The van der Waals surface area contributed by atoms with Crippen LogP contribution >= 0.6 is 0 Å². The van der Waals surface area contributed by atoms with E-state index >= 15 is 0 Å². The van der Waals surface area contributed by atoms with Crippen molar-refractivity contribution in [1.82, 2.24) is 0 Å². The van der Waals surface area contributed by atoms with Crippen LogP contribution in [0.2, 0.25) is 0 Å². The predicted molar refractivity (Wildman–Crippen MR) is 70.3 cm³/mol. The Hall–Kier alpha value is -2.24. The molecule has 6 nitrogen and oxygen atoms in total. The fraction of sp³-hybridized carbons (Fsp3) is 0.385. The fourth-order valence-electron chi connectivity index (χ4n) is 2.20. The van der Waals surface area contributed by atoms with Gasteiger partial charge in [0, 0.05) is 13.0 Å². The Labute approximate surface area is 111 Å². The smallest absolute Gasteiger partial charge is 0.338 e. The van der Waals surface area contributed by atoms with Gasteiger partial charge in [-0.1, -0.05) is 0 Å². The van der Waals surface area contributed by atoms with Crippen LogP contribution in [0.1, 0.15) is 23.2 Å². The monoisotopic (exact) mass is 264 g/mol. The van der Waals surface area contributed by atoms with E-state index in [1.54, 1.807) is 11.0 Å². The summed E-state index contributed by atoms with van der Waals surface area (Å²) in [6.45, 7) is 0.596. The van der Waals surface area contributed by atoms with Crippen molar-refractivity contribution < 1.29 is 19.1 Å². The van der Waals surface area contributed by atoms with Gasteiger partial charge in [0.25, 0.3) is 0 Å². The van der Waals surface area contributed by atoms with Crippen LogP contribution in [0.3, 0.4) is 0 Å². The average Bonchev–Trinajstić information content (AvgIpc) is 2.83. The first-order valence-corrected chi connectivity index (χ1v) is 5.94. The second-order valence-corrected chi connectivity index (χ2v) is 4.26. The van der Waals surface area contributed by atoms with Crippen molar-refractivity contribution in [1.29, 1.82) is 0 Å². The van der Waals surface area contributed by atoms with E-state index in [2.05, 4.69) is 4.74 Å². The molecule has 0 saturated carbocycles. The van der Waals surface area contributed by atoms with Crippen LogP contribution in [0.5, 0.6) is 5.75 Å². The Morgan fingerprint density at radius 1 is 1.37 bits per heavy atom.